The number of unbranched alkanes of at least 4 members (excludes halogenated alkanes) is 1. The van der Waals surface area contributed by atoms with Crippen LogP contribution in [0.25, 0.3) is 22.3 Å². The molecule has 378 valence electrons. The SMILES string of the molecule is CN(C)C=Nc1ncnc2c1ncn2[C@H]1C[C@@H](NC(c2ccccc2)(c2ccccc2)c2ccccc2)[C@@H](COP(=S)(CCCC#N)N[C@@H]2C[C@H](n3cnc4c(NC(=O)c5ccccc5)ncnc43)O[C@@H]2CO)O1. The Labute approximate surface area is 432 Å². The first-order valence-electron chi connectivity index (χ1n) is 24.3. The third kappa shape index (κ3) is 10.6. The van der Waals surface area contributed by atoms with Gasteiger partial charge in [-0.05, 0) is 35.2 Å². The first-order valence-corrected chi connectivity index (χ1v) is 27.2. The molecular weight excluding hydrogens is 976 g/mol. The van der Waals surface area contributed by atoms with Crippen LogP contribution in [0, 0.1) is 11.3 Å². The van der Waals surface area contributed by atoms with Gasteiger partial charge in [0.15, 0.2) is 34.0 Å². The number of aromatic nitrogens is 8. The zero-order chi connectivity index (χ0) is 51.1. The van der Waals surface area contributed by atoms with Crippen LogP contribution in [0.4, 0.5) is 11.6 Å². The molecule has 8 aromatic rings. The van der Waals surface area contributed by atoms with Gasteiger partial charge >= 0.3 is 0 Å². The number of nitriles is 1. The highest BCUT2D eigenvalue weighted by Gasteiger charge is 2.46. The normalized spacial score (nSPS) is 20.7. The number of hydrogen-bond acceptors (Lipinski definition) is 15. The van der Waals surface area contributed by atoms with E-state index in [2.05, 4.69) is 88.1 Å². The van der Waals surface area contributed by atoms with Crippen LogP contribution in [-0.4, -0.2) is 119 Å². The molecule has 7 atom stereocenters. The molecule has 4 N–H and O–H groups in total. The van der Waals surface area contributed by atoms with Crippen molar-refractivity contribution in [3.63, 3.8) is 0 Å². The van der Waals surface area contributed by atoms with Crippen LogP contribution < -0.4 is 15.7 Å². The number of imidazole rings is 2. The van der Waals surface area contributed by atoms with Crippen LogP contribution >= 0.6 is 6.42 Å². The molecule has 4 aromatic heterocycles. The second-order valence-corrected chi connectivity index (χ2v) is 22.4. The van der Waals surface area contributed by atoms with Crippen molar-refractivity contribution >= 4 is 64.4 Å². The van der Waals surface area contributed by atoms with E-state index in [0.29, 0.717) is 59.1 Å². The van der Waals surface area contributed by atoms with Gasteiger partial charge in [-0.1, -0.05) is 121 Å². The van der Waals surface area contributed by atoms with Gasteiger partial charge in [-0.25, -0.2) is 34.9 Å². The Morgan fingerprint density at radius 3 is 1.96 bits per heavy atom. The van der Waals surface area contributed by atoms with Gasteiger partial charge in [0.05, 0.1) is 56.0 Å². The monoisotopic (exact) mass is 1030 g/mol. The highest BCUT2D eigenvalue weighted by atomic mass is 32.4. The summed E-state index contributed by atoms with van der Waals surface area (Å²) in [5.74, 6) is 0.347. The molecule has 0 aliphatic carbocycles. The molecule has 10 rings (SSSR count). The summed E-state index contributed by atoms with van der Waals surface area (Å²) in [4.78, 5) is 46.8. The topological polar surface area (TPSA) is 228 Å². The number of aliphatic hydroxyl groups excluding tert-OH is 1. The minimum absolute atomic E-state index is 0.0702. The lowest BCUT2D eigenvalue weighted by Gasteiger charge is -2.40. The Balaban J connectivity index is 0.962. The molecule has 21 heteroatoms. The summed E-state index contributed by atoms with van der Waals surface area (Å²) in [6.45, 7) is -0.243. The van der Waals surface area contributed by atoms with E-state index < -0.39 is 42.7 Å². The molecule has 1 unspecified atom stereocenters. The average molecular weight is 1030 g/mol. The van der Waals surface area contributed by atoms with Crippen molar-refractivity contribution in [1.82, 2.24) is 54.3 Å². The van der Waals surface area contributed by atoms with E-state index >= 15 is 0 Å². The summed E-state index contributed by atoms with van der Waals surface area (Å²) in [7, 11) is 3.77. The van der Waals surface area contributed by atoms with Gasteiger partial charge in [0.25, 0.3) is 5.91 Å². The van der Waals surface area contributed by atoms with Crippen LogP contribution in [0.15, 0.2) is 152 Å². The molecular formula is C53H55N14O5PS. The maximum atomic E-state index is 13.1. The second kappa shape index (κ2) is 22.5. The van der Waals surface area contributed by atoms with Gasteiger partial charge < -0.3 is 29.3 Å². The molecule has 2 saturated heterocycles. The van der Waals surface area contributed by atoms with Crippen LogP contribution in [0.1, 0.15) is 65.2 Å². The number of carbonyl (C=O) groups is 1. The summed E-state index contributed by atoms with van der Waals surface area (Å²) in [6, 6.07) is 41.4. The fraction of sp³-hybridized carbons (Fsp3) is 0.302. The molecule has 0 bridgehead atoms. The predicted molar refractivity (Wildman–Crippen MR) is 284 cm³/mol. The van der Waals surface area contributed by atoms with Crippen LogP contribution in [0.3, 0.4) is 0 Å². The number of ether oxygens (including phenoxy) is 2. The molecule has 0 radical (unpaired) electrons. The third-order valence-corrected chi connectivity index (χ3v) is 16.6. The molecule has 1 amide bonds. The molecule has 6 heterocycles. The first-order chi connectivity index (χ1) is 36.2. The summed E-state index contributed by atoms with van der Waals surface area (Å²) in [6.07, 6.45) is 4.32. The third-order valence-electron chi connectivity index (χ3n) is 13.2. The molecule has 74 heavy (non-hydrogen) atoms. The number of fused-ring (bicyclic) bond motifs is 2. The Morgan fingerprint density at radius 1 is 0.811 bits per heavy atom. The van der Waals surface area contributed by atoms with E-state index in [4.69, 9.17) is 30.8 Å². The number of nitrogens with zero attached hydrogens (tertiary/aromatic N) is 11. The number of nitrogens with one attached hydrogen (secondary N) is 3. The number of aliphatic imine (C=N–C) groups is 1. The van der Waals surface area contributed by atoms with E-state index in [-0.39, 0.29) is 37.4 Å². The molecule has 2 aliphatic heterocycles. The fourth-order valence-electron chi connectivity index (χ4n) is 9.72. The molecule has 4 aromatic carbocycles. The second-order valence-electron chi connectivity index (χ2n) is 18.3. The quantitative estimate of drug-likeness (QED) is 0.0194. The smallest absolute Gasteiger partial charge is 0.256 e. The van der Waals surface area contributed by atoms with Crippen molar-refractivity contribution in [2.75, 3.05) is 38.8 Å². The van der Waals surface area contributed by atoms with Gasteiger partial charge in [0, 0.05) is 57.2 Å². The Kier molecular flexibility index (Phi) is 15.3. The molecule has 0 spiro atoms. The van der Waals surface area contributed by atoms with Crippen molar-refractivity contribution in [3.8, 4) is 6.07 Å². The largest absolute Gasteiger partial charge is 0.394 e. The van der Waals surface area contributed by atoms with Crippen molar-refractivity contribution in [1.29, 1.82) is 5.26 Å². The summed E-state index contributed by atoms with van der Waals surface area (Å²) in [5, 5.41) is 31.2. The lowest BCUT2D eigenvalue weighted by atomic mass is 9.76. The number of hydrogen-bond donors (Lipinski definition) is 4. The van der Waals surface area contributed by atoms with E-state index in [9.17, 15) is 15.2 Å². The number of anilines is 1. The number of aliphatic hydroxyl groups is 1. The number of benzene rings is 4. The van der Waals surface area contributed by atoms with Gasteiger partial charge in [-0.2, -0.15) is 5.26 Å². The lowest BCUT2D eigenvalue weighted by molar-refractivity contribution is -0.0252. The highest BCUT2D eigenvalue weighted by Crippen LogP contribution is 2.49. The maximum Gasteiger partial charge on any atom is 0.256 e. The van der Waals surface area contributed by atoms with Gasteiger partial charge in [0.2, 0.25) is 0 Å². The summed E-state index contributed by atoms with van der Waals surface area (Å²) in [5.41, 5.74) is 4.63. The predicted octanol–water partition coefficient (Wildman–Crippen LogP) is 7.25. The fourth-order valence-corrected chi connectivity index (χ4v) is 12.8. The molecule has 19 nitrogen and oxygen atoms in total. The molecule has 0 saturated carbocycles. The zero-order valence-corrected chi connectivity index (χ0v) is 42.4. The van der Waals surface area contributed by atoms with Crippen LogP contribution in [-0.2, 0) is 31.3 Å². The molecule has 2 fully saturated rings. The summed E-state index contributed by atoms with van der Waals surface area (Å²) < 4.78 is 24.3. The first kappa shape index (κ1) is 50.4. The summed E-state index contributed by atoms with van der Waals surface area (Å²) >= 11 is 6.53. The highest BCUT2D eigenvalue weighted by molar-refractivity contribution is 8.11. The zero-order valence-electron chi connectivity index (χ0n) is 40.7. The van der Waals surface area contributed by atoms with Crippen molar-refractivity contribution < 1.29 is 23.9 Å². The van der Waals surface area contributed by atoms with E-state index in [1.807, 2.05) is 84.2 Å². The van der Waals surface area contributed by atoms with E-state index in [1.165, 1.54) is 12.7 Å². The standard InChI is InChI=1S/C53H55N14O5PS/c1-65(2)33-61-48-46-50(57-31-55-48)66(34-59-46)44-27-40(63-53(37-19-9-4-10-20-37,38-21-11-5-12-22-38)39-23-13-6-14-24-39)43(72-44)30-70-73(74,26-16-15-25-54)64-41-28-45(71-42(41)29-68)67-35-60-47-49(56-32-58-51(47)67)62-52(69)36-17-7-3-8-18-36/h3-14,17-24,31-35,40-45,63,68H,15-16,26-30H2,1-2H3,(H,64,74)(H,56,58,62,69)/t40-,41-,42-,43-,44-,45-,73?/m1/s1. The minimum Gasteiger partial charge on any atom is -0.394 e. The molecule has 2 aliphatic rings. The van der Waals surface area contributed by atoms with Gasteiger partial charge in [-0.3, -0.25) is 24.3 Å². The van der Waals surface area contributed by atoms with Crippen LogP contribution in [0.5, 0.6) is 0 Å². The maximum absolute atomic E-state index is 13.1. The number of amides is 1. The van der Waals surface area contributed by atoms with E-state index in [1.54, 1.807) is 47.8 Å². The number of carbonyl (C=O) groups excluding carboxylic acids is 1. The Bertz CT molecular complexity index is 3210. The van der Waals surface area contributed by atoms with Gasteiger partial charge in [0.1, 0.15) is 31.5 Å². The lowest BCUT2D eigenvalue weighted by Crippen LogP contribution is -2.53. The Morgan fingerprint density at radius 2 is 1.36 bits per heavy atom. The van der Waals surface area contributed by atoms with Crippen molar-refractivity contribution in [2.45, 2.75) is 68.0 Å². The van der Waals surface area contributed by atoms with Crippen molar-refractivity contribution in [2.24, 2.45) is 4.99 Å². The Hall–Kier alpha value is -7.18. The van der Waals surface area contributed by atoms with Crippen LogP contribution in [0.2, 0.25) is 0 Å². The van der Waals surface area contributed by atoms with Gasteiger partial charge in [-0.15, -0.1) is 0 Å². The van der Waals surface area contributed by atoms with Crippen molar-refractivity contribution in [3.05, 3.63) is 169 Å². The minimum atomic E-state index is -3.02. The number of rotatable bonds is 20. The average Bonchev–Trinajstić information content (AvgIpc) is 4.26. The van der Waals surface area contributed by atoms with E-state index in [0.717, 1.165) is 16.7 Å².